The number of rotatable bonds is 4. The van der Waals surface area contributed by atoms with Crippen molar-refractivity contribution in [3.05, 3.63) is 69.2 Å². The number of halogens is 3. The largest absolute Gasteiger partial charge is 0.326 e. The fourth-order valence-corrected chi connectivity index (χ4v) is 5.56. The summed E-state index contributed by atoms with van der Waals surface area (Å²) in [7, 11) is 0. The first-order chi connectivity index (χ1) is 15.5. The minimum Gasteiger partial charge on any atom is -0.326 e. The molecule has 0 saturated heterocycles. The molecule has 2 aliphatic heterocycles. The van der Waals surface area contributed by atoms with Crippen LogP contribution in [0, 0.1) is 0 Å². The third kappa shape index (κ3) is 3.23. The number of fused-ring (bicyclic) bond motifs is 4. The first-order valence-corrected chi connectivity index (χ1v) is 12.3. The van der Waals surface area contributed by atoms with Crippen LogP contribution in [0.4, 0.5) is 11.4 Å². The number of anilines is 2. The number of nitrogens with zero attached hydrogens (tertiary/aromatic N) is 4. The molecular formula is C25H26Cl3N4+. The van der Waals surface area contributed by atoms with Gasteiger partial charge in [0.1, 0.15) is 5.82 Å². The van der Waals surface area contributed by atoms with E-state index in [9.17, 15) is 0 Å². The standard InChI is InChI=1S/C25H26Cl3N4/c1-4-29-22-14-18(27)19(28)15-23(22)30(5-2)24(29)10-7-16-11-12-32-21-13-17(26)8-9-20(21)31(6-3)25(16)32/h7-10,13-15H,4-6,11-12H2,1-3H3/q+1. The molecule has 0 atom stereocenters. The number of aryl methyl sites for hydroxylation is 2. The summed E-state index contributed by atoms with van der Waals surface area (Å²) in [6.07, 6.45) is 5.52. The Morgan fingerprint density at radius 3 is 2.16 bits per heavy atom. The van der Waals surface area contributed by atoms with E-state index in [-0.39, 0.29) is 0 Å². The molecule has 0 amide bonds. The maximum atomic E-state index is 6.35. The molecule has 32 heavy (non-hydrogen) atoms. The summed E-state index contributed by atoms with van der Waals surface area (Å²) in [5.74, 6) is 2.42. The zero-order chi connectivity index (χ0) is 22.6. The van der Waals surface area contributed by atoms with Crippen LogP contribution in [0.15, 0.2) is 48.3 Å². The summed E-state index contributed by atoms with van der Waals surface area (Å²) in [6.45, 7) is 10.1. The van der Waals surface area contributed by atoms with Gasteiger partial charge in [0.2, 0.25) is 0 Å². The molecule has 0 unspecified atom stereocenters. The Balaban J connectivity index is 1.62. The molecular weight excluding hydrogens is 463 g/mol. The summed E-state index contributed by atoms with van der Waals surface area (Å²) < 4.78 is 4.79. The lowest BCUT2D eigenvalue weighted by Crippen LogP contribution is -2.35. The van der Waals surface area contributed by atoms with Crippen molar-refractivity contribution in [2.24, 2.45) is 0 Å². The van der Waals surface area contributed by atoms with Crippen molar-refractivity contribution in [3.63, 3.8) is 0 Å². The van der Waals surface area contributed by atoms with E-state index in [1.165, 1.54) is 22.4 Å². The monoisotopic (exact) mass is 487 g/mol. The second-order valence-electron chi connectivity index (χ2n) is 8.06. The molecule has 2 aliphatic rings. The first kappa shape index (κ1) is 21.7. The number of benzene rings is 2. The summed E-state index contributed by atoms with van der Waals surface area (Å²) in [5.41, 5.74) is 5.98. The van der Waals surface area contributed by atoms with Crippen LogP contribution < -0.4 is 14.4 Å². The van der Waals surface area contributed by atoms with Gasteiger partial charge in [0.05, 0.1) is 34.5 Å². The predicted molar refractivity (Wildman–Crippen MR) is 136 cm³/mol. The van der Waals surface area contributed by atoms with Crippen LogP contribution in [0.1, 0.15) is 33.0 Å². The second kappa shape index (κ2) is 8.33. The second-order valence-corrected chi connectivity index (χ2v) is 9.31. The Bertz CT molecular complexity index is 1250. The average Bonchev–Trinajstić information content (AvgIpc) is 3.41. The van der Waals surface area contributed by atoms with E-state index in [4.69, 9.17) is 34.8 Å². The Morgan fingerprint density at radius 1 is 0.906 bits per heavy atom. The molecule has 2 aromatic carbocycles. The van der Waals surface area contributed by atoms with Crippen LogP contribution in [0.25, 0.3) is 16.6 Å². The van der Waals surface area contributed by atoms with Gasteiger partial charge in [-0.1, -0.05) is 34.8 Å². The zero-order valence-electron chi connectivity index (χ0n) is 18.5. The zero-order valence-corrected chi connectivity index (χ0v) is 20.8. The van der Waals surface area contributed by atoms with Gasteiger partial charge in [-0.05, 0) is 57.2 Å². The third-order valence-corrected chi connectivity index (χ3v) is 7.41. The molecule has 3 aromatic rings. The summed E-state index contributed by atoms with van der Waals surface area (Å²) >= 11 is 19.0. The molecule has 0 bridgehead atoms. The molecule has 0 spiro atoms. The number of hydrogen-bond donors (Lipinski definition) is 0. The van der Waals surface area contributed by atoms with Crippen molar-refractivity contribution in [1.82, 2.24) is 4.57 Å². The molecule has 5 rings (SSSR count). The molecule has 1 aromatic heterocycles. The highest BCUT2D eigenvalue weighted by Crippen LogP contribution is 2.45. The van der Waals surface area contributed by atoms with Gasteiger partial charge in [-0.2, -0.15) is 0 Å². The molecule has 0 aliphatic carbocycles. The average molecular weight is 489 g/mol. The van der Waals surface area contributed by atoms with Crippen molar-refractivity contribution >= 4 is 62.8 Å². The summed E-state index contributed by atoms with van der Waals surface area (Å²) in [4.78, 5) is 4.60. The highest BCUT2D eigenvalue weighted by Gasteiger charge is 2.33. The fourth-order valence-electron chi connectivity index (χ4n) is 5.08. The van der Waals surface area contributed by atoms with E-state index in [2.05, 4.69) is 64.0 Å². The van der Waals surface area contributed by atoms with Gasteiger partial charge < -0.3 is 9.80 Å². The highest BCUT2D eigenvalue weighted by molar-refractivity contribution is 6.42. The smallest absolute Gasteiger partial charge is 0.285 e. The Labute approximate surface area is 203 Å². The van der Waals surface area contributed by atoms with Gasteiger partial charge in [0.15, 0.2) is 11.0 Å². The van der Waals surface area contributed by atoms with E-state index < -0.39 is 0 Å². The number of hydrogen-bond acceptors (Lipinski definition) is 2. The Kier molecular flexibility index (Phi) is 5.65. The normalized spacial score (nSPS) is 16.4. The Hall–Kier alpha value is -2.14. The van der Waals surface area contributed by atoms with Crippen molar-refractivity contribution in [2.75, 3.05) is 22.9 Å². The lowest BCUT2D eigenvalue weighted by atomic mass is 10.2. The topological polar surface area (TPSA) is 15.3 Å². The molecule has 0 fully saturated rings. The van der Waals surface area contributed by atoms with E-state index in [0.29, 0.717) is 10.0 Å². The molecule has 166 valence electrons. The third-order valence-electron chi connectivity index (χ3n) is 6.46. The van der Waals surface area contributed by atoms with Crippen LogP contribution in [-0.4, -0.2) is 17.7 Å². The molecule has 7 heteroatoms. The number of aromatic nitrogens is 2. The van der Waals surface area contributed by atoms with Gasteiger partial charge >= 0.3 is 0 Å². The van der Waals surface area contributed by atoms with Gasteiger partial charge in [-0.25, -0.2) is 9.13 Å². The number of imidazole rings is 1. The molecule has 0 saturated carbocycles. The van der Waals surface area contributed by atoms with Crippen LogP contribution in [0.3, 0.4) is 0 Å². The van der Waals surface area contributed by atoms with Gasteiger partial charge in [0, 0.05) is 36.2 Å². The minimum atomic E-state index is 0.586. The predicted octanol–water partition coefficient (Wildman–Crippen LogP) is 6.90. The maximum absolute atomic E-state index is 6.35. The highest BCUT2D eigenvalue weighted by atomic mass is 35.5. The van der Waals surface area contributed by atoms with Crippen LogP contribution in [0.2, 0.25) is 15.1 Å². The Morgan fingerprint density at radius 2 is 1.56 bits per heavy atom. The molecule has 0 radical (unpaired) electrons. The maximum Gasteiger partial charge on any atom is 0.285 e. The lowest BCUT2D eigenvalue weighted by Gasteiger charge is -2.23. The van der Waals surface area contributed by atoms with E-state index >= 15 is 0 Å². The fraction of sp³-hybridized carbons (Fsp3) is 0.320. The van der Waals surface area contributed by atoms with Crippen molar-refractivity contribution in [1.29, 1.82) is 0 Å². The minimum absolute atomic E-state index is 0.586. The van der Waals surface area contributed by atoms with Gasteiger partial charge in [-0.15, -0.1) is 0 Å². The molecule has 4 nitrogen and oxygen atoms in total. The molecule has 0 N–H and O–H groups in total. The van der Waals surface area contributed by atoms with Crippen LogP contribution in [-0.2, 0) is 13.1 Å². The summed E-state index contributed by atoms with van der Waals surface area (Å²) in [5, 5.41) is 1.95. The van der Waals surface area contributed by atoms with Crippen molar-refractivity contribution in [3.8, 4) is 0 Å². The summed E-state index contributed by atoms with van der Waals surface area (Å²) in [6, 6.07) is 10.1. The van der Waals surface area contributed by atoms with E-state index in [1.807, 2.05) is 18.2 Å². The lowest BCUT2D eigenvalue weighted by molar-refractivity contribution is -0.670. The van der Waals surface area contributed by atoms with Crippen LogP contribution >= 0.6 is 34.8 Å². The SMILES string of the molecule is CCN1C(=CC=C2CCn3c2[n+](CC)c2ccc(Cl)cc23)N(CC)c2cc(Cl)c(Cl)cc21. The molecule has 3 heterocycles. The van der Waals surface area contributed by atoms with E-state index in [0.717, 1.165) is 54.8 Å². The quantitative estimate of drug-likeness (QED) is 0.371. The van der Waals surface area contributed by atoms with E-state index in [1.54, 1.807) is 0 Å². The van der Waals surface area contributed by atoms with Gasteiger partial charge in [-0.3, -0.25) is 0 Å². The van der Waals surface area contributed by atoms with Crippen LogP contribution in [0.5, 0.6) is 0 Å². The van der Waals surface area contributed by atoms with Crippen molar-refractivity contribution in [2.45, 2.75) is 40.3 Å². The number of allylic oxidation sites excluding steroid dienone is 3. The van der Waals surface area contributed by atoms with Crippen molar-refractivity contribution < 1.29 is 4.57 Å². The van der Waals surface area contributed by atoms with Gasteiger partial charge in [0.25, 0.3) is 5.82 Å². The first-order valence-electron chi connectivity index (χ1n) is 11.1.